The summed E-state index contributed by atoms with van der Waals surface area (Å²) in [5.74, 6) is 0.103. The molecule has 4 rings (SSSR count). The van der Waals surface area contributed by atoms with Gasteiger partial charge in [0.1, 0.15) is 0 Å². The number of piperidine rings is 1. The van der Waals surface area contributed by atoms with Crippen molar-refractivity contribution in [3.05, 3.63) is 71.3 Å². The van der Waals surface area contributed by atoms with E-state index < -0.39 is 0 Å². The van der Waals surface area contributed by atoms with Gasteiger partial charge < -0.3 is 10.2 Å². The highest BCUT2D eigenvalue weighted by Gasteiger charge is 2.37. The van der Waals surface area contributed by atoms with E-state index in [1.165, 1.54) is 11.1 Å². The number of hydrogen-bond acceptors (Lipinski definition) is 2. The Kier molecular flexibility index (Phi) is 5.47. The number of likely N-dealkylation sites (tertiary alicyclic amines) is 1. The highest BCUT2D eigenvalue weighted by Crippen LogP contribution is 2.35. The van der Waals surface area contributed by atoms with E-state index in [9.17, 15) is 9.59 Å². The molecule has 2 aliphatic rings. The monoisotopic (exact) mass is 376 g/mol. The molecule has 28 heavy (non-hydrogen) atoms. The first kappa shape index (κ1) is 18.7. The summed E-state index contributed by atoms with van der Waals surface area (Å²) >= 11 is 0. The number of benzene rings is 2. The molecule has 2 aromatic rings. The van der Waals surface area contributed by atoms with Crippen LogP contribution in [0.1, 0.15) is 48.4 Å². The van der Waals surface area contributed by atoms with Crippen LogP contribution in [0.2, 0.25) is 0 Å². The van der Waals surface area contributed by atoms with Crippen molar-refractivity contribution in [1.82, 2.24) is 10.2 Å². The fourth-order valence-electron chi connectivity index (χ4n) is 4.10. The van der Waals surface area contributed by atoms with Crippen LogP contribution in [0.25, 0.3) is 0 Å². The first-order valence-electron chi connectivity index (χ1n) is 10.3. The molecule has 1 saturated carbocycles. The molecule has 2 amide bonds. The molecule has 0 aromatic heterocycles. The second-order valence-electron chi connectivity index (χ2n) is 8.20. The third kappa shape index (κ3) is 4.44. The van der Waals surface area contributed by atoms with Gasteiger partial charge in [0.15, 0.2) is 0 Å². The number of hydrogen-bond donors (Lipinski definition) is 1. The molecule has 146 valence electrons. The molecule has 0 bridgehead atoms. The van der Waals surface area contributed by atoms with Crippen LogP contribution in [0.3, 0.4) is 0 Å². The molecule has 1 saturated heterocycles. The second-order valence-corrected chi connectivity index (χ2v) is 8.20. The topological polar surface area (TPSA) is 49.4 Å². The van der Waals surface area contributed by atoms with Gasteiger partial charge in [-0.05, 0) is 43.7 Å². The zero-order valence-electron chi connectivity index (χ0n) is 16.4. The molecular weight excluding hydrogens is 348 g/mol. The Hall–Kier alpha value is -2.62. The predicted molar refractivity (Wildman–Crippen MR) is 110 cm³/mol. The van der Waals surface area contributed by atoms with Gasteiger partial charge in [0, 0.05) is 12.6 Å². The molecule has 0 radical (unpaired) electrons. The lowest BCUT2D eigenvalue weighted by Crippen LogP contribution is -2.47. The van der Waals surface area contributed by atoms with Crippen molar-refractivity contribution < 1.29 is 9.59 Å². The molecule has 2 aromatic carbocycles. The Morgan fingerprint density at radius 2 is 1.79 bits per heavy atom. The maximum Gasteiger partial charge on any atom is 0.227 e. The quantitative estimate of drug-likeness (QED) is 0.863. The first-order valence-corrected chi connectivity index (χ1v) is 10.3. The average molecular weight is 377 g/mol. The Morgan fingerprint density at radius 1 is 1.00 bits per heavy atom. The van der Waals surface area contributed by atoms with Crippen molar-refractivity contribution >= 4 is 11.8 Å². The van der Waals surface area contributed by atoms with Gasteiger partial charge in [-0.25, -0.2) is 0 Å². The molecular formula is C24H28N2O2. The molecule has 4 nitrogen and oxygen atoms in total. The fourth-order valence-corrected chi connectivity index (χ4v) is 4.10. The van der Waals surface area contributed by atoms with Crippen LogP contribution >= 0.6 is 0 Å². The summed E-state index contributed by atoms with van der Waals surface area (Å²) in [6.45, 7) is 2.58. The van der Waals surface area contributed by atoms with E-state index >= 15 is 0 Å². The molecule has 2 fully saturated rings. The minimum Gasteiger partial charge on any atom is -0.353 e. The van der Waals surface area contributed by atoms with Gasteiger partial charge >= 0.3 is 0 Å². The maximum atomic E-state index is 13.2. The first-order chi connectivity index (χ1) is 13.6. The summed E-state index contributed by atoms with van der Waals surface area (Å²) < 4.78 is 0. The van der Waals surface area contributed by atoms with Crippen LogP contribution in [-0.2, 0) is 16.0 Å². The molecule has 2 atom stereocenters. The van der Waals surface area contributed by atoms with Crippen molar-refractivity contribution in [3.8, 4) is 0 Å². The van der Waals surface area contributed by atoms with Crippen LogP contribution in [0.15, 0.2) is 54.6 Å². The van der Waals surface area contributed by atoms with E-state index in [1.54, 1.807) is 0 Å². The summed E-state index contributed by atoms with van der Waals surface area (Å²) in [6, 6.07) is 18.7. The van der Waals surface area contributed by atoms with Gasteiger partial charge in [0.25, 0.3) is 0 Å². The zero-order valence-corrected chi connectivity index (χ0v) is 16.4. The van der Waals surface area contributed by atoms with E-state index in [1.807, 2.05) is 35.2 Å². The summed E-state index contributed by atoms with van der Waals surface area (Å²) in [4.78, 5) is 27.8. The van der Waals surface area contributed by atoms with Gasteiger partial charge in [-0.2, -0.15) is 0 Å². The lowest BCUT2D eigenvalue weighted by Gasteiger charge is -2.40. The van der Waals surface area contributed by atoms with Crippen LogP contribution in [0.5, 0.6) is 0 Å². The van der Waals surface area contributed by atoms with Gasteiger partial charge in [0.05, 0.1) is 18.4 Å². The third-order valence-electron chi connectivity index (χ3n) is 5.82. The Labute approximate surface area is 166 Å². The van der Waals surface area contributed by atoms with Gasteiger partial charge in [-0.3, -0.25) is 9.59 Å². The van der Waals surface area contributed by atoms with E-state index in [2.05, 4.69) is 36.5 Å². The van der Waals surface area contributed by atoms with Crippen LogP contribution in [0, 0.1) is 12.8 Å². The smallest absolute Gasteiger partial charge is 0.227 e. The van der Waals surface area contributed by atoms with Crippen molar-refractivity contribution in [3.63, 3.8) is 0 Å². The Morgan fingerprint density at radius 3 is 2.50 bits per heavy atom. The van der Waals surface area contributed by atoms with Gasteiger partial charge in [-0.1, -0.05) is 60.2 Å². The van der Waals surface area contributed by atoms with E-state index in [4.69, 9.17) is 0 Å². The van der Waals surface area contributed by atoms with E-state index in [0.717, 1.165) is 31.2 Å². The van der Waals surface area contributed by atoms with Crippen molar-refractivity contribution in [2.45, 2.75) is 51.1 Å². The summed E-state index contributed by atoms with van der Waals surface area (Å²) in [6.07, 6.45) is 4.20. The molecule has 1 aliphatic carbocycles. The minimum atomic E-state index is -0.110. The summed E-state index contributed by atoms with van der Waals surface area (Å²) in [5.41, 5.74) is 3.38. The van der Waals surface area contributed by atoms with Crippen LogP contribution < -0.4 is 5.32 Å². The lowest BCUT2D eigenvalue weighted by atomic mass is 9.87. The minimum absolute atomic E-state index is 0.0427. The highest BCUT2D eigenvalue weighted by molar-refractivity contribution is 5.83. The zero-order chi connectivity index (χ0) is 19.5. The average Bonchev–Trinajstić information content (AvgIpc) is 3.52. The summed E-state index contributed by atoms with van der Waals surface area (Å²) in [7, 11) is 0. The highest BCUT2D eigenvalue weighted by atomic mass is 16.2. The van der Waals surface area contributed by atoms with Gasteiger partial charge in [-0.15, -0.1) is 0 Å². The maximum absolute atomic E-state index is 13.2. The van der Waals surface area contributed by atoms with Crippen LogP contribution in [-0.4, -0.2) is 29.3 Å². The number of amides is 2. The van der Waals surface area contributed by atoms with Crippen LogP contribution in [0.4, 0.5) is 0 Å². The predicted octanol–water partition coefficient (Wildman–Crippen LogP) is 3.80. The Bertz CT molecular complexity index is 845. The molecule has 4 heteroatoms. The second kappa shape index (κ2) is 8.17. The molecule has 1 heterocycles. The molecule has 0 unspecified atom stereocenters. The number of nitrogens with zero attached hydrogens (tertiary/aromatic N) is 1. The van der Waals surface area contributed by atoms with Gasteiger partial charge in [0.2, 0.25) is 11.8 Å². The van der Waals surface area contributed by atoms with Crippen molar-refractivity contribution in [2.24, 2.45) is 5.92 Å². The Balaban J connectivity index is 1.54. The SMILES string of the molecule is Cc1cccc([C@@H]2CC[C@@H](C(=O)NC3CC3)CN2C(=O)Cc2ccccc2)c1. The normalized spacial score (nSPS) is 22.0. The van der Waals surface area contributed by atoms with E-state index in [0.29, 0.717) is 19.0 Å². The molecule has 1 N–H and O–H groups in total. The summed E-state index contributed by atoms with van der Waals surface area (Å²) in [5, 5.41) is 3.12. The third-order valence-corrected chi connectivity index (χ3v) is 5.82. The largest absolute Gasteiger partial charge is 0.353 e. The standard InChI is InChI=1S/C24H28N2O2/c1-17-6-5-9-19(14-17)22-13-10-20(24(28)25-21-11-12-21)16-26(22)23(27)15-18-7-3-2-4-8-18/h2-9,14,20-22H,10-13,15-16H2,1H3,(H,25,28)/t20-,22+/m1/s1. The fraction of sp³-hybridized carbons (Fsp3) is 0.417. The number of nitrogens with one attached hydrogen (secondary N) is 1. The number of carbonyl (C=O) groups excluding carboxylic acids is 2. The number of aryl methyl sites for hydroxylation is 1. The number of carbonyl (C=O) groups is 2. The van der Waals surface area contributed by atoms with Crippen molar-refractivity contribution in [1.29, 1.82) is 0 Å². The number of rotatable bonds is 5. The van der Waals surface area contributed by atoms with Crippen molar-refractivity contribution in [2.75, 3.05) is 6.54 Å². The molecule has 0 spiro atoms. The molecule has 1 aliphatic heterocycles. The van der Waals surface area contributed by atoms with E-state index in [-0.39, 0.29) is 23.8 Å². The lowest BCUT2D eigenvalue weighted by molar-refractivity contribution is -0.138.